The first-order valence-electron chi connectivity index (χ1n) is 4.70. The van der Waals surface area contributed by atoms with E-state index in [1.54, 1.807) is 9.80 Å². The van der Waals surface area contributed by atoms with Gasteiger partial charge >= 0.3 is 0 Å². The molecule has 2 N–H and O–H groups in total. The lowest BCUT2D eigenvalue weighted by atomic mass is 10.4. The summed E-state index contributed by atoms with van der Waals surface area (Å²) in [7, 11) is 0. The van der Waals surface area contributed by atoms with E-state index in [2.05, 4.69) is 25.3 Å². The predicted molar refractivity (Wildman–Crippen MR) is 80.5 cm³/mol. The summed E-state index contributed by atoms with van der Waals surface area (Å²) in [4.78, 5) is 3.52. The zero-order valence-corrected chi connectivity index (χ0v) is 12.2. The number of aliphatic hydroxyl groups is 2. The zero-order chi connectivity index (χ0) is 12.6. The van der Waals surface area contributed by atoms with Gasteiger partial charge in [0.05, 0.1) is 13.2 Å². The molecule has 0 aromatic heterocycles. The third-order valence-corrected chi connectivity index (χ3v) is 3.00. The number of rotatable bonds is 7. The summed E-state index contributed by atoms with van der Waals surface area (Å²) in [5.74, 6) is 0. The Morgan fingerprint density at radius 2 is 1.12 bits per heavy atom. The zero-order valence-electron chi connectivity index (χ0n) is 8.74. The number of aliphatic hydroxyl groups excluding tert-OH is 2. The Labute approximate surface area is 117 Å². The van der Waals surface area contributed by atoms with Gasteiger partial charge in [0, 0.05) is 26.2 Å². The fourth-order valence-electron chi connectivity index (χ4n) is 1.09. The summed E-state index contributed by atoms with van der Waals surface area (Å²) in [5, 5.41) is 17.7. The molecule has 4 nitrogen and oxygen atoms in total. The molecular formula is C8H16N2O2S4. The number of thiol groups is 2. The SMILES string of the molecule is OCCN(CCN(CCO)C(=S)S)C(=S)S. The molecule has 0 fully saturated rings. The number of hydrogen-bond donors (Lipinski definition) is 4. The summed E-state index contributed by atoms with van der Waals surface area (Å²) in [6, 6.07) is 0. The van der Waals surface area contributed by atoms with E-state index in [9.17, 15) is 0 Å². The van der Waals surface area contributed by atoms with Crippen LogP contribution in [0.25, 0.3) is 0 Å². The van der Waals surface area contributed by atoms with Gasteiger partial charge in [0.15, 0.2) is 0 Å². The largest absolute Gasteiger partial charge is 0.395 e. The van der Waals surface area contributed by atoms with Gasteiger partial charge in [-0.3, -0.25) is 0 Å². The van der Waals surface area contributed by atoms with E-state index < -0.39 is 0 Å². The lowest BCUT2D eigenvalue weighted by molar-refractivity contribution is 0.227. The lowest BCUT2D eigenvalue weighted by Gasteiger charge is -2.27. The molecule has 0 heterocycles. The third kappa shape index (κ3) is 6.87. The van der Waals surface area contributed by atoms with Gasteiger partial charge in [0.25, 0.3) is 0 Å². The Kier molecular flexibility index (Phi) is 9.67. The number of nitrogens with zero attached hydrogens (tertiary/aromatic N) is 2. The third-order valence-electron chi connectivity index (χ3n) is 1.92. The molecule has 0 saturated heterocycles. The second kappa shape index (κ2) is 9.43. The molecule has 0 atom stereocenters. The maximum absolute atomic E-state index is 8.83. The normalized spacial score (nSPS) is 10.0. The first-order valence-corrected chi connectivity index (χ1v) is 6.41. The van der Waals surface area contributed by atoms with Crippen molar-refractivity contribution in [3.63, 3.8) is 0 Å². The number of thiocarbonyl (C=S) groups is 2. The quantitative estimate of drug-likeness (QED) is 0.392. The molecule has 0 unspecified atom stereocenters. The van der Waals surface area contributed by atoms with Crippen LogP contribution in [0, 0.1) is 0 Å². The molecule has 0 aromatic carbocycles. The molecule has 0 aromatic rings. The van der Waals surface area contributed by atoms with Gasteiger partial charge in [0.2, 0.25) is 0 Å². The van der Waals surface area contributed by atoms with Gasteiger partial charge in [-0.05, 0) is 0 Å². The van der Waals surface area contributed by atoms with Gasteiger partial charge in [0.1, 0.15) is 8.64 Å². The van der Waals surface area contributed by atoms with Crippen LogP contribution in [-0.4, -0.2) is 68.0 Å². The highest BCUT2D eigenvalue weighted by Crippen LogP contribution is 2.00. The summed E-state index contributed by atoms with van der Waals surface area (Å²) in [6.45, 7) is 2.09. The summed E-state index contributed by atoms with van der Waals surface area (Å²) in [6.07, 6.45) is 0. The van der Waals surface area contributed by atoms with Crippen molar-refractivity contribution in [2.45, 2.75) is 0 Å². The molecule has 0 rings (SSSR count). The van der Waals surface area contributed by atoms with Crippen molar-refractivity contribution < 1.29 is 10.2 Å². The van der Waals surface area contributed by atoms with Gasteiger partial charge in [-0.2, -0.15) is 0 Å². The minimum absolute atomic E-state index is 0.0199. The van der Waals surface area contributed by atoms with Crippen LogP contribution in [0.5, 0.6) is 0 Å². The summed E-state index contributed by atoms with van der Waals surface area (Å²) >= 11 is 18.0. The Hall–Kier alpha value is 0.400. The van der Waals surface area contributed by atoms with Crippen LogP contribution >= 0.6 is 49.7 Å². The highest BCUT2D eigenvalue weighted by atomic mass is 32.1. The Morgan fingerprint density at radius 1 is 0.812 bits per heavy atom. The summed E-state index contributed by atoms with van der Waals surface area (Å²) < 4.78 is 0.867. The minimum atomic E-state index is 0.0199. The van der Waals surface area contributed by atoms with Crippen LogP contribution < -0.4 is 0 Å². The van der Waals surface area contributed by atoms with Crippen molar-refractivity contribution in [3.8, 4) is 0 Å². The van der Waals surface area contributed by atoms with Crippen molar-refractivity contribution in [1.29, 1.82) is 0 Å². The van der Waals surface area contributed by atoms with E-state index in [0.717, 1.165) is 0 Å². The standard InChI is InChI=1S/C8H16N2O2S4/c11-5-3-9(7(13)14)1-2-10(4-6-12)8(15)16/h11-12H,1-6H2,(H,13,14)(H,15,16). The minimum Gasteiger partial charge on any atom is -0.395 e. The average molecular weight is 300 g/mol. The fraction of sp³-hybridized carbons (Fsp3) is 0.750. The van der Waals surface area contributed by atoms with Crippen LogP contribution in [0.3, 0.4) is 0 Å². The van der Waals surface area contributed by atoms with Gasteiger partial charge in [-0.25, -0.2) is 0 Å². The highest BCUT2D eigenvalue weighted by Gasteiger charge is 2.10. The van der Waals surface area contributed by atoms with Crippen molar-refractivity contribution in [1.82, 2.24) is 9.80 Å². The van der Waals surface area contributed by atoms with Crippen LogP contribution in [0.1, 0.15) is 0 Å². The molecule has 0 bridgehead atoms. The molecular weight excluding hydrogens is 284 g/mol. The van der Waals surface area contributed by atoms with Crippen molar-refractivity contribution in [2.24, 2.45) is 0 Å². The predicted octanol–water partition coefficient (Wildman–Crippen LogP) is 0.00440. The first-order chi connectivity index (χ1) is 7.52. The van der Waals surface area contributed by atoms with E-state index in [-0.39, 0.29) is 13.2 Å². The van der Waals surface area contributed by atoms with E-state index in [1.165, 1.54) is 0 Å². The molecule has 0 amide bonds. The lowest BCUT2D eigenvalue weighted by Crippen LogP contribution is -2.39. The van der Waals surface area contributed by atoms with E-state index in [0.29, 0.717) is 34.8 Å². The maximum atomic E-state index is 8.83. The Bertz CT molecular complexity index is 216. The molecule has 0 aliphatic carbocycles. The molecule has 16 heavy (non-hydrogen) atoms. The van der Waals surface area contributed by atoms with Crippen LogP contribution in [0.4, 0.5) is 0 Å². The Morgan fingerprint density at radius 3 is 1.31 bits per heavy atom. The van der Waals surface area contributed by atoms with Crippen LogP contribution in [0.15, 0.2) is 0 Å². The average Bonchev–Trinajstić information content (AvgIpc) is 2.21. The van der Waals surface area contributed by atoms with Gasteiger partial charge < -0.3 is 20.0 Å². The van der Waals surface area contributed by atoms with Crippen molar-refractivity contribution in [2.75, 3.05) is 39.4 Å². The van der Waals surface area contributed by atoms with E-state index in [1.807, 2.05) is 0 Å². The monoisotopic (exact) mass is 300 g/mol. The topological polar surface area (TPSA) is 46.9 Å². The van der Waals surface area contributed by atoms with Gasteiger partial charge in [-0.15, -0.1) is 25.3 Å². The van der Waals surface area contributed by atoms with Crippen LogP contribution in [-0.2, 0) is 0 Å². The second-order valence-corrected chi connectivity index (χ2v) is 5.21. The molecule has 94 valence electrons. The van der Waals surface area contributed by atoms with Crippen molar-refractivity contribution in [3.05, 3.63) is 0 Å². The molecule has 0 aliphatic rings. The van der Waals surface area contributed by atoms with Crippen molar-refractivity contribution >= 4 is 58.3 Å². The smallest absolute Gasteiger partial charge is 0.133 e. The fourth-order valence-corrected chi connectivity index (χ4v) is 1.85. The van der Waals surface area contributed by atoms with E-state index in [4.69, 9.17) is 34.6 Å². The van der Waals surface area contributed by atoms with E-state index >= 15 is 0 Å². The first kappa shape index (κ1) is 16.4. The molecule has 0 radical (unpaired) electrons. The highest BCUT2D eigenvalue weighted by molar-refractivity contribution is 8.11. The molecule has 0 saturated carbocycles. The molecule has 8 heteroatoms. The second-order valence-electron chi connectivity index (χ2n) is 2.99. The molecule has 0 spiro atoms. The summed E-state index contributed by atoms with van der Waals surface area (Å²) in [5.41, 5.74) is 0. The molecule has 0 aliphatic heterocycles. The van der Waals surface area contributed by atoms with Gasteiger partial charge in [-0.1, -0.05) is 24.4 Å². The number of hydrogen-bond acceptors (Lipinski definition) is 4. The maximum Gasteiger partial charge on any atom is 0.133 e. The van der Waals surface area contributed by atoms with Crippen LogP contribution in [0.2, 0.25) is 0 Å². The Balaban J connectivity index is 4.14.